The molecule has 0 spiro atoms. The van der Waals surface area contributed by atoms with Crippen LogP contribution in [0.4, 0.5) is 0 Å². The zero-order chi connectivity index (χ0) is 33.4. The Bertz CT molecular complexity index is 1870. The van der Waals surface area contributed by atoms with Crippen molar-refractivity contribution >= 4 is 30.3 Å². The number of hydrogen-bond donors (Lipinski definition) is 0. The van der Waals surface area contributed by atoms with Gasteiger partial charge in [-0.3, -0.25) is 0 Å². The topological polar surface area (TPSA) is 0 Å². The van der Waals surface area contributed by atoms with E-state index < -0.39 is 0 Å². The molecule has 0 N–H and O–H groups in total. The fourth-order valence-corrected chi connectivity index (χ4v) is 7.92. The van der Waals surface area contributed by atoms with E-state index >= 15 is 0 Å². The van der Waals surface area contributed by atoms with Crippen LogP contribution in [0.25, 0.3) is 27.1 Å². The second kappa shape index (κ2) is 13.6. The summed E-state index contributed by atoms with van der Waals surface area (Å²) in [5.74, 6) is 0.965. The average molecular weight is 683 g/mol. The molecule has 0 aliphatic heterocycles. The predicted molar refractivity (Wildman–Crippen MR) is 200 cm³/mol. The van der Waals surface area contributed by atoms with Crippen LogP contribution < -0.4 is 0 Å². The van der Waals surface area contributed by atoms with Gasteiger partial charge in [0.25, 0.3) is 0 Å². The molecule has 5 aromatic rings. The van der Waals surface area contributed by atoms with Gasteiger partial charge in [-0.15, -0.1) is 33.7 Å². The first-order chi connectivity index (χ1) is 21.7. The molecule has 1 aliphatic rings. The van der Waals surface area contributed by atoms with Gasteiger partial charge in [-0.2, -0.15) is 0 Å². The Morgan fingerprint density at radius 3 is 1.74 bits per heavy atom. The first-order valence-electron chi connectivity index (χ1n) is 17.0. The van der Waals surface area contributed by atoms with Gasteiger partial charge in [0.2, 0.25) is 0 Å². The molecule has 0 nitrogen and oxygen atoms in total. The molecule has 1 heteroatoms. The van der Waals surface area contributed by atoms with Crippen molar-refractivity contribution in [1.29, 1.82) is 0 Å². The predicted octanol–water partition coefficient (Wildman–Crippen LogP) is 12.7. The number of benzene rings is 4. The number of rotatable bonds is 5. The third-order valence-corrected chi connectivity index (χ3v) is 10.6. The van der Waals surface area contributed by atoms with Gasteiger partial charge in [0.1, 0.15) is 0 Å². The Morgan fingerprint density at radius 1 is 0.717 bits per heavy atom. The summed E-state index contributed by atoms with van der Waals surface area (Å²) in [5.41, 5.74) is 12.0. The fourth-order valence-electron chi connectivity index (χ4n) is 7.10. The van der Waals surface area contributed by atoms with Crippen molar-refractivity contribution in [3.8, 4) is 0 Å². The van der Waals surface area contributed by atoms with Crippen molar-refractivity contribution < 1.29 is 24.2 Å². The second-order valence-electron chi connectivity index (χ2n) is 15.6. The summed E-state index contributed by atoms with van der Waals surface area (Å²) in [6, 6.07) is 30.8. The van der Waals surface area contributed by atoms with Crippen molar-refractivity contribution in [2.24, 2.45) is 0 Å². The first-order valence-corrected chi connectivity index (χ1v) is 18.2. The third kappa shape index (κ3) is 6.97. The SMILES string of the molecule is CC(C)c1c(C(C)(C)C)c(C2=CC=CC2)c2[cH-]c3cc(C(C)(C)C)ccc3c2c1C(C)C.[Zr]=[C](c1ccccc1)c1ccccc1. The van der Waals surface area contributed by atoms with Crippen LogP contribution in [0.15, 0.2) is 103 Å². The number of allylic oxidation sites excluding steroid dienone is 4. The molecule has 0 radical (unpaired) electrons. The molecule has 0 saturated heterocycles. The van der Waals surface area contributed by atoms with E-state index in [2.05, 4.69) is 172 Å². The monoisotopic (exact) mass is 681 g/mol. The van der Waals surface area contributed by atoms with Crippen molar-refractivity contribution in [3.05, 3.63) is 142 Å². The third-order valence-electron chi connectivity index (χ3n) is 9.23. The molecule has 1 aliphatic carbocycles. The minimum absolute atomic E-state index is 0.0796. The molecule has 0 unspecified atom stereocenters. The van der Waals surface area contributed by atoms with E-state index in [4.69, 9.17) is 0 Å². The normalized spacial score (nSPS) is 13.4. The molecule has 6 rings (SSSR count). The summed E-state index contributed by atoms with van der Waals surface area (Å²) in [7, 11) is 0. The van der Waals surface area contributed by atoms with Gasteiger partial charge in [-0.25, -0.2) is 0 Å². The number of hydrogen-bond acceptors (Lipinski definition) is 0. The quantitative estimate of drug-likeness (QED) is 0.162. The zero-order valence-electron chi connectivity index (χ0n) is 29.7. The van der Waals surface area contributed by atoms with Gasteiger partial charge in [0.15, 0.2) is 0 Å². The van der Waals surface area contributed by atoms with E-state index in [1.165, 1.54) is 76.8 Å². The maximum atomic E-state index is 2.50. The molecular formula is C45H51Zr-. The van der Waals surface area contributed by atoms with Crippen molar-refractivity contribution in [1.82, 2.24) is 0 Å². The van der Waals surface area contributed by atoms with Gasteiger partial charge >= 0.3 is 99.2 Å². The molecule has 0 fully saturated rings. The minimum atomic E-state index is 0.0796. The van der Waals surface area contributed by atoms with Crippen LogP contribution in [0.1, 0.15) is 126 Å². The first kappa shape index (κ1) is 34.3. The van der Waals surface area contributed by atoms with Crippen LogP contribution in [0, 0.1) is 0 Å². The Kier molecular flexibility index (Phi) is 10.2. The van der Waals surface area contributed by atoms with Gasteiger partial charge in [0.05, 0.1) is 0 Å². The van der Waals surface area contributed by atoms with E-state index in [0.29, 0.717) is 11.8 Å². The molecule has 0 saturated carbocycles. The molecule has 0 heterocycles. The molecule has 46 heavy (non-hydrogen) atoms. The summed E-state index contributed by atoms with van der Waals surface area (Å²) in [6.45, 7) is 23.7. The van der Waals surface area contributed by atoms with Crippen molar-refractivity contribution in [3.63, 3.8) is 0 Å². The zero-order valence-corrected chi connectivity index (χ0v) is 32.1. The Labute approximate surface area is 293 Å². The summed E-state index contributed by atoms with van der Waals surface area (Å²) in [5, 5.41) is 5.77. The molecule has 0 atom stereocenters. The van der Waals surface area contributed by atoms with E-state index in [9.17, 15) is 0 Å². The molecule has 0 aromatic heterocycles. The second-order valence-corrected chi connectivity index (χ2v) is 16.8. The number of fused-ring (bicyclic) bond motifs is 3. The summed E-state index contributed by atoms with van der Waals surface area (Å²) < 4.78 is 1.42. The molecular weight excluding hydrogens is 632 g/mol. The summed E-state index contributed by atoms with van der Waals surface area (Å²) in [4.78, 5) is 0. The molecule has 0 bridgehead atoms. The van der Waals surface area contributed by atoms with E-state index in [1.807, 2.05) is 0 Å². The van der Waals surface area contributed by atoms with Crippen LogP contribution in [-0.4, -0.2) is 3.21 Å². The maximum absolute atomic E-state index is 2.50. The van der Waals surface area contributed by atoms with Gasteiger partial charge in [-0.1, -0.05) is 133 Å². The van der Waals surface area contributed by atoms with Crippen LogP contribution >= 0.6 is 0 Å². The molecule has 0 amide bonds. The van der Waals surface area contributed by atoms with Crippen LogP contribution in [0.2, 0.25) is 0 Å². The summed E-state index contributed by atoms with van der Waals surface area (Å²) >= 11 is 1.46. The van der Waals surface area contributed by atoms with E-state index in [1.54, 1.807) is 16.7 Å². The van der Waals surface area contributed by atoms with E-state index in [0.717, 1.165) is 6.42 Å². The fraction of sp³-hybridized carbons (Fsp3) is 0.333. The Balaban J connectivity index is 0.000000247. The van der Waals surface area contributed by atoms with Gasteiger partial charge in [-0.05, 0) is 29.1 Å². The Hall–Kier alpha value is -3.02. The van der Waals surface area contributed by atoms with E-state index in [-0.39, 0.29) is 10.8 Å². The molecule has 5 aromatic carbocycles. The Morgan fingerprint density at radius 2 is 1.28 bits per heavy atom. The average Bonchev–Trinajstić information content (AvgIpc) is 3.68. The van der Waals surface area contributed by atoms with Crippen LogP contribution in [-0.2, 0) is 35.1 Å². The van der Waals surface area contributed by atoms with Gasteiger partial charge in [0, 0.05) is 0 Å². The standard InChI is InChI=1S/C32H41.C13H10.Zr/c1-19(2)26-27(20(3)4)30(32(8,9)10)28(21-13-11-12-14-21)25-18-22-17-23(31(5,6)7)15-16-24(22)29(25)26;1-3-7-12(8-4-1)11-13-9-5-2-6-10-13;/h11-13,15-20H,14H2,1-10H3;1-10H;/q-1;;. The van der Waals surface area contributed by atoms with Crippen molar-refractivity contribution in [2.75, 3.05) is 0 Å². The van der Waals surface area contributed by atoms with Crippen LogP contribution in [0.5, 0.6) is 0 Å². The summed E-state index contributed by atoms with van der Waals surface area (Å²) in [6.07, 6.45) is 7.92. The molecule has 236 valence electrons. The van der Waals surface area contributed by atoms with Crippen LogP contribution in [0.3, 0.4) is 0 Å². The van der Waals surface area contributed by atoms with Crippen molar-refractivity contribution in [2.45, 2.75) is 98.3 Å². The van der Waals surface area contributed by atoms with Gasteiger partial charge < -0.3 is 0 Å².